The van der Waals surface area contributed by atoms with Gasteiger partial charge in [-0.3, -0.25) is 4.79 Å². The summed E-state index contributed by atoms with van der Waals surface area (Å²) < 4.78 is 92.5. The molecule has 14 heteroatoms. The van der Waals surface area contributed by atoms with E-state index >= 15 is 0 Å². The molecule has 0 aliphatic heterocycles. The Hall–Kier alpha value is -3.29. The van der Waals surface area contributed by atoms with Gasteiger partial charge in [-0.05, 0) is 56.4 Å². The van der Waals surface area contributed by atoms with E-state index in [1.54, 1.807) is 0 Å². The number of alkyl halides is 6. The smallest absolute Gasteiger partial charge is 0.441 e. The summed E-state index contributed by atoms with van der Waals surface area (Å²) in [7, 11) is 1.04. The highest BCUT2D eigenvalue weighted by Crippen LogP contribution is 2.42. The van der Waals surface area contributed by atoms with Crippen molar-refractivity contribution >= 4 is 34.2 Å². The van der Waals surface area contributed by atoms with E-state index in [0.29, 0.717) is 41.8 Å². The number of hydrogen-bond acceptors (Lipinski definition) is 7. The number of esters is 2. The lowest BCUT2D eigenvalue weighted by Crippen LogP contribution is -2.69. The minimum atomic E-state index is -5.56. The van der Waals surface area contributed by atoms with Gasteiger partial charge in [0.05, 0.1) is 24.8 Å². The maximum absolute atomic E-state index is 14.6. The summed E-state index contributed by atoms with van der Waals surface area (Å²) in [5.41, 5.74) is -5.75. The summed E-state index contributed by atoms with van der Waals surface area (Å²) in [6.45, 7) is 0.722. The Labute approximate surface area is 211 Å². The second kappa shape index (κ2) is 10.6. The van der Waals surface area contributed by atoms with Gasteiger partial charge in [0.2, 0.25) is 0 Å². The number of carbonyl (C=O) groups excluding carboxylic acids is 3. The lowest BCUT2D eigenvalue weighted by atomic mass is 9.95. The highest BCUT2D eigenvalue weighted by molar-refractivity contribution is 7.16. The van der Waals surface area contributed by atoms with Crippen LogP contribution in [0.4, 0.5) is 31.3 Å². The molecule has 0 radical (unpaired) electrons. The molecule has 3 rings (SSSR count). The monoisotopic (exact) mass is 552 g/mol. The van der Waals surface area contributed by atoms with E-state index in [-0.39, 0.29) is 5.56 Å². The third-order valence-electron chi connectivity index (χ3n) is 5.62. The number of thiophene rings is 1. The minimum absolute atomic E-state index is 0.214. The highest BCUT2D eigenvalue weighted by Gasteiger charge is 2.64. The number of hydrogen-bond donors (Lipinski definition) is 2. The molecule has 1 heterocycles. The molecule has 2 N–H and O–H groups in total. The average molecular weight is 552 g/mol. The molecule has 1 aliphatic rings. The molecular formula is C23H22F6N2O5S. The van der Waals surface area contributed by atoms with Crippen molar-refractivity contribution in [3.05, 3.63) is 51.4 Å². The van der Waals surface area contributed by atoms with Gasteiger partial charge in [-0.15, -0.1) is 11.3 Å². The van der Waals surface area contributed by atoms with Gasteiger partial charge in [0.1, 0.15) is 5.00 Å². The molecule has 1 atom stereocenters. The molecule has 0 spiro atoms. The molecule has 202 valence electrons. The number of anilines is 1. The van der Waals surface area contributed by atoms with Crippen molar-refractivity contribution in [3.8, 4) is 0 Å². The van der Waals surface area contributed by atoms with Crippen molar-refractivity contribution in [3.63, 3.8) is 0 Å². The molecule has 0 saturated heterocycles. The van der Waals surface area contributed by atoms with Gasteiger partial charge < -0.3 is 20.1 Å². The number of fused-ring (bicyclic) bond motifs is 1. The maximum Gasteiger partial charge on any atom is 0.441 e. The molecule has 0 fully saturated rings. The number of ether oxygens (including phenoxy) is 2. The van der Waals surface area contributed by atoms with E-state index < -0.39 is 58.6 Å². The standard InChI is InChI=1S/C23H22F6N2O5S/c1-3-36-20(34)21(23(27,28)29,30-17(32)12-7-6-8-13(11-12)22(24,25)26)31-18-16(19(33)35-2)14-9-4-5-10-15(14)37-18/h6-8,11,31H,3-5,9-10H2,1-2H3,(H,30,32). The Balaban J connectivity index is 2.14. The zero-order valence-electron chi connectivity index (χ0n) is 19.6. The molecule has 37 heavy (non-hydrogen) atoms. The van der Waals surface area contributed by atoms with Crippen LogP contribution >= 0.6 is 11.3 Å². The Morgan fingerprint density at radius 1 is 1.05 bits per heavy atom. The van der Waals surface area contributed by atoms with Gasteiger partial charge in [0.15, 0.2) is 0 Å². The van der Waals surface area contributed by atoms with E-state index in [9.17, 15) is 40.7 Å². The summed E-state index contributed by atoms with van der Waals surface area (Å²) in [4.78, 5) is 38.8. The van der Waals surface area contributed by atoms with Crippen LogP contribution in [0.5, 0.6) is 0 Å². The Morgan fingerprint density at radius 2 is 1.73 bits per heavy atom. The summed E-state index contributed by atoms with van der Waals surface area (Å²) in [5, 5.41) is 3.07. The number of benzene rings is 1. The third-order valence-corrected chi connectivity index (χ3v) is 6.83. The van der Waals surface area contributed by atoms with Crippen molar-refractivity contribution in [2.24, 2.45) is 0 Å². The van der Waals surface area contributed by atoms with Crippen LogP contribution in [0.2, 0.25) is 0 Å². The Kier molecular flexibility index (Phi) is 8.10. The van der Waals surface area contributed by atoms with Crippen LogP contribution in [0.25, 0.3) is 0 Å². The number of halogens is 6. The molecule has 1 amide bonds. The molecule has 1 aliphatic carbocycles. The quantitative estimate of drug-likeness (QED) is 0.282. The first-order chi connectivity index (χ1) is 17.2. The lowest BCUT2D eigenvalue weighted by Gasteiger charge is -2.35. The SMILES string of the molecule is CCOC(=O)C(NC(=O)c1cccc(C(F)(F)F)c1)(Nc1sc2c(c1C(=O)OC)CCCC2)C(F)(F)F. The number of nitrogens with one attached hydrogen (secondary N) is 2. The van der Waals surface area contributed by atoms with Crippen LogP contribution in [0.1, 0.15) is 56.5 Å². The molecule has 1 aromatic heterocycles. The van der Waals surface area contributed by atoms with E-state index in [4.69, 9.17) is 4.74 Å². The molecule has 2 aromatic rings. The van der Waals surface area contributed by atoms with Crippen LogP contribution in [0.15, 0.2) is 24.3 Å². The van der Waals surface area contributed by atoms with E-state index in [1.165, 1.54) is 12.2 Å². The van der Waals surface area contributed by atoms with E-state index in [1.807, 2.05) is 5.32 Å². The summed E-state index contributed by atoms with van der Waals surface area (Å²) in [6.07, 6.45) is -8.19. The summed E-state index contributed by atoms with van der Waals surface area (Å²) in [6, 6.07) is 2.69. The fraction of sp³-hybridized carbons (Fsp3) is 0.435. The van der Waals surface area contributed by atoms with Gasteiger partial charge in [-0.1, -0.05) is 6.07 Å². The van der Waals surface area contributed by atoms with Gasteiger partial charge in [0, 0.05) is 10.4 Å². The number of amides is 1. The van der Waals surface area contributed by atoms with Crippen LogP contribution in [0, 0.1) is 0 Å². The second-order valence-electron chi connectivity index (χ2n) is 8.03. The third kappa shape index (κ3) is 5.68. The second-order valence-corrected chi connectivity index (χ2v) is 9.14. The van der Waals surface area contributed by atoms with Crippen LogP contribution in [0.3, 0.4) is 0 Å². The molecule has 7 nitrogen and oxygen atoms in total. The largest absolute Gasteiger partial charge is 0.465 e. The summed E-state index contributed by atoms with van der Waals surface area (Å²) in [5.74, 6) is -4.55. The van der Waals surface area contributed by atoms with E-state index in [0.717, 1.165) is 37.0 Å². The van der Waals surface area contributed by atoms with Crippen molar-refractivity contribution in [1.29, 1.82) is 0 Å². The predicted molar refractivity (Wildman–Crippen MR) is 120 cm³/mol. The highest BCUT2D eigenvalue weighted by atomic mass is 32.1. The fourth-order valence-electron chi connectivity index (χ4n) is 3.85. The van der Waals surface area contributed by atoms with Crippen LogP contribution in [-0.2, 0) is 33.3 Å². The molecule has 0 bridgehead atoms. The number of carbonyl (C=O) groups is 3. The maximum atomic E-state index is 14.6. The minimum Gasteiger partial charge on any atom is -0.465 e. The predicted octanol–water partition coefficient (Wildman–Crippen LogP) is 5.10. The zero-order valence-corrected chi connectivity index (χ0v) is 20.4. The first kappa shape index (κ1) is 28.3. The molecular weight excluding hydrogens is 530 g/mol. The van der Waals surface area contributed by atoms with E-state index in [2.05, 4.69) is 4.74 Å². The van der Waals surface area contributed by atoms with Gasteiger partial charge in [-0.25, -0.2) is 9.59 Å². The number of rotatable bonds is 7. The molecule has 1 aromatic carbocycles. The number of aryl methyl sites for hydroxylation is 1. The van der Waals surface area contributed by atoms with Crippen molar-refractivity contribution < 1.29 is 50.2 Å². The van der Waals surface area contributed by atoms with Crippen molar-refractivity contribution in [1.82, 2.24) is 5.32 Å². The van der Waals surface area contributed by atoms with Crippen LogP contribution < -0.4 is 10.6 Å². The Morgan fingerprint density at radius 3 is 2.32 bits per heavy atom. The molecule has 0 saturated carbocycles. The topological polar surface area (TPSA) is 93.7 Å². The average Bonchev–Trinajstić information content (AvgIpc) is 3.19. The first-order valence-electron chi connectivity index (χ1n) is 11.0. The van der Waals surface area contributed by atoms with Crippen LogP contribution in [-0.4, -0.2) is 43.4 Å². The summed E-state index contributed by atoms with van der Waals surface area (Å²) >= 11 is 0.793. The van der Waals surface area contributed by atoms with Gasteiger partial charge in [-0.2, -0.15) is 26.3 Å². The first-order valence-corrected chi connectivity index (χ1v) is 11.8. The normalized spacial score (nSPS) is 15.2. The van der Waals surface area contributed by atoms with Crippen molar-refractivity contribution in [2.75, 3.05) is 19.0 Å². The van der Waals surface area contributed by atoms with Gasteiger partial charge >= 0.3 is 30.0 Å². The Bertz CT molecular complexity index is 1190. The molecule has 1 unspecified atom stereocenters. The fourth-order valence-corrected chi connectivity index (χ4v) is 5.18. The van der Waals surface area contributed by atoms with Gasteiger partial charge in [0.25, 0.3) is 5.91 Å². The lowest BCUT2D eigenvalue weighted by molar-refractivity contribution is -0.204. The number of methoxy groups -OCH3 is 1. The zero-order chi connectivity index (χ0) is 27.6. The van der Waals surface area contributed by atoms with Crippen molar-refractivity contribution in [2.45, 2.75) is 50.6 Å².